The van der Waals surface area contributed by atoms with E-state index in [0.717, 1.165) is 22.3 Å². The lowest BCUT2D eigenvalue weighted by atomic mass is 9.98. The van der Waals surface area contributed by atoms with Crippen molar-refractivity contribution in [2.45, 2.75) is 68.0 Å². The third kappa shape index (κ3) is 6.61. The summed E-state index contributed by atoms with van der Waals surface area (Å²) in [5.41, 5.74) is 4.50. The van der Waals surface area contributed by atoms with Crippen molar-refractivity contribution >= 4 is 0 Å². The lowest BCUT2D eigenvalue weighted by Crippen LogP contribution is -2.22. The Morgan fingerprint density at radius 1 is 0.545 bits per heavy atom. The summed E-state index contributed by atoms with van der Waals surface area (Å²) in [5, 5.41) is 0. The molecule has 0 aliphatic carbocycles. The van der Waals surface area contributed by atoms with Crippen LogP contribution in [0.1, 0.15) is 55.4 Å². The Morgan fingerprint density at radius 3 is 0.955 bits per heavy atom. The summed E-state index contributed by atoms with van der Waals surface area (Å²) in [6.07, 6.45) is -0.592. The van der Waals surface area contributed by atoms with E-state index in [4.69, 9.17) is 18.9 Å². The highest BCUT2D eigenvalue weighted by molar-refractivity contribution is 5.36. The summed E-state index contributed by atoms with van der Waals surface area (Å²) in [7, 11) is 0. The number of rotatable bonds is 11. The predicted molar refractivity (Wildman–Crippen MR) is 90.8 cm³/mol. The SMILES string of the molecule is CCOC(OCC)/C(C)=C(C)/C(C)=C(\C)C(OCC)OCC. The van der Waals surface area contributed by atoms with E-state index in [1.807, 2.05) is 27.7 Å². The Balaban J connectivity index is 5.44. The molecule has 0 aromatic carbocycles. The molecule has 130 valence electrons. The van der Waals surface area contributed by atoms with E-state index >= 15 is 0 Å². The van der Waals surface area contributed by atoms with Crippen LogP contribution >= 0.6 is 0 Å². The molecule has 0 heterocycles. The topological polar surface area (TPSA) is 36.9 Å². The quantitative estimate of drug-likeness (QED) is 0.417. The van der Waals surface area contributed by atoms with E-state index in [-0.39, 0.29) is 12.6 Å². The fraction of sp³-hybridized carbons (Fsp3) is 0.778. The van der Waals surface area contributed by atoms with Gasteiger partial charge < -0.3 is 18.9 Å². The van der Waals surface area contributed by atoms with Crippen molar-refractivity contribution < 1.29 is 18.9 Å². The highest BCUT2D eigenvalue weighted by Gasteiger charge is 2.18. The molecule has 0 radical (unpaired) electrons. The number of hydrogen-bond acceptors (Lipinski definition) is 4. The molecule has 0 fully saturated rings. The molecule has 0 aliphatic rings. The number of hydrogen-bond donors (Lipinski definition) is 0. The molecule has 0 atom stereocenters. The zero-order valence-corrected chi connectivity index (χ0v) is 15.6. The maximum atomic E-state index is 5.69. The minimum atomic E-state index is -0.296. The summed E-state index contributed by atoms with van der Waals surface area (Å²) in [5.74, 6) is 0. The first-order chi connectivity index (χ1) is 10.4. The average molecular weight is 314 g/mol. The Morgan fingerprint density at radius 2 is 0.773 bits per heavy atom. The van der Waals surface area contributed by atoms with E-state index in [1.54, 1.807) is 0 Å². The third-order valence-corrected chi connectivity index (χ3v) is 3.72. The van der Waals surface area contributed by atoms with Crippen LogP contribution in [0.3, 0.4) is 0 Å². The maximum absolute atomic E-state index is 5.69. The summed E-state index contributed by atoms with van der Waals surface area (Å²) in [6, 6.07) is 0. The first-order valence-electron chi connectivity index (χ1n) is 8.25. The molecule has 0 aliphatic heterocycles. The first kappa shape index (κ1) is 21.3. The molecule has 0 aromatic heterocycles. The Kier molecular flexibility index (Phi) is 11.5. The highest BCUT2D eigenvalue weighted by atomic mass is 16.7. The first-order valence-corrected chi connectivity index (χ1v) is 8.25. The van der Waals surface area contributed by atoms with Crippen LogP contribution in [0.25, 0.3) is 0 Å². The van der Waals surface area contributed by atoms with Crippen LogP contribution < -0.4 is 0 Å². The molecule has 0 saturated heterocycles. The second-order valence-corrected chi connectivity index (χ2v) is 5.10. The van der Waals surface area contributed by atoms with Gasteiger partial charge in [0.25, 0.3) is 0 Å². The van der Waals surface area contributed by atoms with Crippen LogP contribution in [-0.2, 0) is 18.9 Å². The Labute approximate surface area is 136 Å². The summed E-state index contributed by atoms with van der Waals surface area (Å²) in [6.45, 7) is 18.7. The van der Waals surface area contributed by atoms with E-state index < -0.39 is 0 Å². The van der Waals surface area contributed by atoms with Crippen molar-refractivity contribution in [3.05, 3.63) is 22.3 Å². The largest absolute Gasteiger partial charge is 0.349 e. The minimum Gasteiger partial charge on any atom is -0.349 e. The molecule has 4 heteroatoms. The molecule has 0 N–H and O–H groups in total. The van der Waals surface area contributed by atoms with Crippen molar-refractivity contribution in [1.82, 2.24) is 0 Å². The smallest absolute Gasteiger partial charge is 0.180 e. The van der Waals surface area contributed by atoms with Crippen LogP contribution in [-0.4, -0.2) is 39.0 Å². The second-order valence-electron chi connectivity index (χ2n) is 5.10. The fourth-order valence-electron chi connectivity index (χ4n) is 2.15. The van der Waals surface area contributed by atoms with Gasteiger partial charge in [-0.05, 0) is 77.7 Å². The van der Waals surface area contributed by atoms with E-state index in [2.05, 4.69) is 27.7 Å². The minimum absolute atomic E-state index is 0.296. The van der Waals surface area contributed by atoms with Gasteiger partial charge >= 0.3 is 0 Å². The average Bonchev–Trinajstić information content (AvgIpc) is 2.51. The molecule has 0 spiro atoms. The van der Waals surface area contributed by atoms with Gasteiger partial charge in [0.15, 0.2) is 12.6 Å². The van der Waals surface area contributed by atoms with Gasteiger partial charge in [-0.25, -0.2) is 0 Å². The van der Waals surface area contributed by atoms with Gasteiger partial charge in [0.05, 0.1) is 0 Å². The number of ether oxygens (including phenoxy) is 4. The molecule has 4 nitrogen and oxygen atoms in total. The monoisotopic (exact) mass is 314 g/mol. The van der Waals surface area contributed by atoms with Crippen molar-refractivity contribution in [2.24, 2.45) is 0 Å². The molecular weight excluding hydrogens is 280 g/mol. The van der Waals surface area contributed by atoms with Crippen LogP contribution in [0.2, 0.25) is 0 Å². The predicted octanol–water partition coefficient (Wildman–Crippen LogP) is 4.46. The van der Waals surface area contributed by atoms with E-state index in [0.29, 0.717) is 26.4 Å². The molecule has 0 saturated carbocycles. The van der Waals surface area contributed by atoms with Gasteiger partial charge in [0, 0.05) is 26.4 Å². The van der Waals surface area contributed by atoms with Gasteiger partial charge in [0.1, 0.15) is 0 Å². The van der Waals surface area contributed by atoms with Gasteiger partial charge in [0.2, 0.25) is 0 Å². The molecule has 0 amide bonds. The van der Waals surface area contributed by atoms with Crippen LogP contribution in [0.4, 0.5) is 0 Å². The van der Waals surface area contributed by atoms with Gasteiger partial charge in [-0.15, -0.1) is 0 Å². The zero-order valence-electron chi connectivity index (χ0n) is 15.6. The molecule has 0 aromatic rings. The van der Waals surface area contributed by atoms with E-state index in [1.165, 1.54) is 0 Å². The maximum Gasteiger partial charge on any atom is 0.180 e. The second kappa shape index (κ2) is 11.8. The summed E-state index contributed by atoms with van der Waals surface area (Å²) in [4.78, 5) is 0. The zero-order chi connectivity index (χ0) is 17.1. The molecular formula is C18H34O4. The van der Waals surface area contributed by atoms with Gasteiger partial charge in [-0.3, -0.25) is 0 Å². The van der Waals surface area contributed by atoms with Crippen molar-refractivity contribution in [3.8, 4) is 0 Å². The van der Waals surface area contributed by atoms with E-state index in [9.17, 15) is 0 Å². The van der Waals surface area contributed by atoms with Crippen molar-refractivity contribution in [3.63, 3.8) is 0 Å². The Hall–Kier alpha value is -0.680. The normalized spacial score (nSPS) is 14.5. The highest BCUT2D eigenvalue weighted by Crippen LogP contribution is 2.24. The van der Waals surface area contributed by atoms with Crippen LogP contribution in [0.5, 0.6) is 0 Å². The van der Waals surface area contributed by atoms with Crippen molar-refractivity contribution in [1.29, 1.82) is 0 Å². The lowest BCUT2D eigenvalue weighted by Gasteiger charge is -2.23. The van der Waals surface area contributed by atoms with Crippen LogP contribution in [0.15, 0.2) is 22.3 Å². The fourth-order valence-corrected chi connectivity index (χ4v) is 2.15. The van der Waals surface area contributed by atoms with Crippen LogP contribution in [0, 0.1) is 0 Å². The molecule has 0 rings (SSSR count). The molecule has 0 unspecified atom stereocenters. The summed E-state index contributed by atoms with van der Waals surface area (Å²) >= 11 is 0. The molecule has 0 bridgehead atoms. The third-order valence-electron chi connectivity index (χ3n) is 3.72. The number of allylic oxidation sites excluding steroid dienone is 2. The lowest BCUT2D eigenvalue weighted by molar-refractivity contribution is -0.113. The van der Waals surface area contributed by atoms with Gasteiger partial charge in [-0.2, -0.15) is 0 Å². The Bertz CT molecular complexity index is 323. The molecule has 22 heavy (non-hydrogen) atoms. The van der Waals surface area contributed by atoms with Crippen molar-refractivity contribution in [2.75, 3.05) is 26.4 Å². The summed E-state index contributed by atoms with van der Waals surface area (Å²) < 4.78 is 22.7. The van der Waals surface area contributed by atoms with Gasteiger partial charge in [-0.1, -0.05) is 0 Å². The standard InChI is InChI=1S/C18H34O4/c1-9-19-17(20-10-2)15(7)13(5)14(6)16(8)18(21-11-3)22-12-4/h17-18H,9-12H2,1-8H3/b15-13+,16-14+.